The number of rotatable bonds is 2. The van der Waals surface area contributed by atoms with Crippen molar-refractivity contribution >= 4 is 12.7 Å². The highest BCUT2D eigenvalue weighted by atomic mass is 16.5. The van der Waals surface area contributed by atoms with Gasteiger partial charge in [0.2, 0.25) is 0 Å². The Hall–Kier alpha value is -0.465. The van der Waals surface area contributed by atoms with Crippen LogP contribution in [-0.2, 0) is 9.53 Å². The van der Waals surface area contributed by atoms with E-state index in [0.29, 0.717) is 10.8 Å². The molecule has 3 heteroatoms. The zero-order chi connectivity index (χ0) is 16.1. The Morgan fingerprint density at radius 2 is 1.52 bits per heavy atom. The van der Waals surface area contributed by atoms with E-state index in [4.69, 9.17) is 4.74 Å². The average molecular weight is 292 g/mol. The Bertz CT molecular complexity index is 395. The molecule has 2 unspecified atom stereocenters. The van der Waals surface area contributed by atoms with Crippen LogP contribution in [0.25, 0.3) is 0 Å². The Balaban J connectivity index is 2.08. The van der Waals surface area contributed by atoms with Crippen LogP contribution in [0.15, 0.2) is 0 Å². The van der Waals surface area contributed by atoms with Crippen LogP contribution in [0.5, 0.6) is 0 Å². The molecule has 0 amide bonds. The number of ether oxygens (including phenoxy) is 1. The minimum Gasteiger partial charge on any atom is -0.469 e. The van der Waals surface area contributed by atoms with Crippen molar-refractivity contribution in [3.05, 3.63) is 0 Å². The monoisotopic (exact) mass is 292 g/mol. The molecular formula is C18H33BO2. The fraction of sp³-hybridized carbons (Fsp3) is 0.944. The summed E-state index contributed by atoms with van der Waals surface area (Å²) in [6.07, 6.45) is 6.04. The molecule has 0 spiro atoms. The summed E-state index contributed by atoms with van der Waals surface area (Å²) in [6.45, 7) is 15.1. The Kier molecular flexibility index (Phi) is 4.28. The van der Waals surface area contributed by atoms with Crippen LogP contribution in [0.2, 0.25) is 18.5 Å². The van der Waals surface area contributed by atoms with Gasteiger partial charge in [0.25, 0.3) is 0 Å². The molecule has 0 N–H and O–H groups in total. The Morgan fingerprint density at radius 1 is 1.00 bits per heavy atom. The third-order valence-corrected chi connectivity index (χ3v) is 7.09. The topological polar surface area (TPSA) is 26.3 Å². The second-order valence-electron chi connectivity index (χ2n) is 9.54. The van der Waals surface area contributed by atoms with Crippen molar-refractivity contribution in [2.24, 2.45) is 22.2 Å². The van der Waals surface area contributed by atoms with E-state index < -0.39 is 0 Å². The van der Waals surface area contributed by atoms with Crippen molar-refractivity contribution in [1.82, 2.24) is 0 Å². The van der Waals surface area contributed by atoms with Gasteiger partial charge in [0, 0.05) is 0 Å². The lowest BCUT2D eigenvalue weighted by Crippen LogP contribution is -2.39. The SMILES string of the molecule is COC(=O)C1CCC(B2CC(C)(C)C(C)(C)C2)CC1(C)C. The number of hydrogen-bond donors (Lipinski definition) is 0. The van der Waals surface area contributed by atoms with Gasteiger partial charge in [0.15, 0.2) is 0 Å². The van der Waals surface area contributed by atoms with E-state index in [2.05, 4.69) is 41.5 Å². The van der Waals surface area contributed by atoms with Gasteiger partial charge in [-0.2, -0.15) is 0 Å². The zero-order valence-electron chi connectivity index (χ0n) is 15.1. The molecule has 0 aromatic rings. The summed E-state index contributed by atoms with van der Waals surface area (Å²) in [5.41, 5.74) is 0.939. The lowest BCUT2D eigenvalue weighted by molar-refractivity contribution is -0.151. The predicted octanol–water partition coefficient (Wildman–Crippen LogP) is 4.92. The van der Waals surface area contributed by atoms with Crippen LogP contribution in [0.1, 0.15) is 60.8 Å². The summed E-state index contributed by atoms with van der Waals surface area (Å²) in [7, 11) is 1.52. The zero-order valence-corrected chi connectivity index (χ0v) is 15.1. The molecule has 2 nitrogen and oxygen atoms in total. The molecule has 2 atom stereocenters. The normalized spacial score (nSPS) is 33.8. The van der Waals surface area contributed by atoms with E-state index in [1.807, 2.05) is 0 Å². The van der Waals surface area contributed by atoms with Crippen LogP contribution in [-0.4, -0.2) is 19.8 Å². The van der Waals surface area contributed by atoms with Crippen molar-refractivity contribution in [2.75, 3.05) is 7.11 Å². The van der Waals surface area contributed by atoms with E-state index in [-0.39, 0.29) is 17.3 Å². The molecule has 1 aliphatic heterocycles. The first kappa shape index (κ1) is 16.9. The number of methoxy groups -OCH3 is 1. The van der Waals surface area contributed by atoms with Crippen molar-refractivity contribution in [3.8, 4) is 0 Å². The third-order valence-electron chi connectivity index (χ3n) is 7.09. The molecule has 1 aliphatic carbocycles. The standard InChI is InChI=1S/C18H33BO2/c1-16(2)10-13(8-9-14(16)15(20)21-7)19-11-17(3,4)18(5,6)12-19/h13-14H,8-12H2,1-7H3. The molecule has 2 rings (SSSR count). The van der Waals surface area contributed by atoms with Gasteiger partial charge in [0.05, 0.1) is 13.0 Å². The summed E-state index contributed by atoms with van der Waals surface area (Å²) >= 11 is 0. The van der Waals surface area contributed by atoms with Crippen molar-refractivity contribution in [1.29, 1.82) is 0 Å². The Morgan fingerprint density at radius 3 is 1.95 bits per heavy atom. The van der Waals surface area contributed by atoms with Crippen LogP contribution < -0.4 is 0 Å². The Labute approximate surface area is 131 Å². The first-order chi connectivity index (χ1) is 9.50. The molecule has 0 bridgehead atoms. The van der Waals surface area contributed by atoms with E-state index in [1.54, 1.807) is 0 Å². The van der Waals surface area contributed by atoms with Crippen LogP contribution in [0.4, 0.5) is 0 Å². The molecule has 1 saturated carbocycles. The summed E-state index contributed by atoms with van der Waals surface area (Å²) in [6, 6.07) is 0. The summed E-state index contributed by atoms with van der Waals surface area (Å²) in [5, 5.41) is 0. The largest absolute Gasteiger partial charge is 0.469 e. The van der Waals surface area contributed by atoms with Gasteiger partial charge in [0.1, 0.15) is 6.71 Å². The van der Waals surface area contributed by atoms with Gasteiger partial charge < -0.3 is 4.74 Å². The lowest BCUT2D eigenvalue weighted by Gasteiger charge is -2.42. The smallest absolute Gasteiger partial charge is 0.309 e. The lowest BCUT2D eigenvalue weighted by atomic mass is 9.34. The van der Waals surface area contributed by atoms with Crippen LogP contribution in [0.3, 0.4) is 0 Å². The van der Waals surface area contributed by atoms with E-state index in [1.165, 1.54) is 32.6 Å². The number of carbonyl (C=O) groups is 1. The van der Waals surface area contributed by atoms with Crippen LogP contribution >= 0.6 is 0 Å². The molecule has 0 aromatic heterocycles. The second-order valence-corrected chi connectivity index (χ2v) is 9.54. The molecule has 1 saturated heterocycles. The first-order valence-corrected chi connectivity index (χ1v) is 8.58. The third kappa shape index (κ3) is 3.03. The first-order valence-electron chi connectivity index (χ1n) is 8.58. The van der Waals surface area contributed by atoms with E-state index >= 15 is 0 Å². The average Bonchev–Trinajstić information content (AvgIpc) is 2.56. The molecule has 0 aromatic carbocycles. The highest BCUT2D eigenvalue weighted by Crippen LogP contribution is 2.58. The number of hydrogen-bond acceptors (Lipinski definition) is 2. The summed E-state index contributed by atoms with van der Waals surface area (Å²) in [5.74, 6) is 0.855. The highest BCUT2D eigenvalue weighted by Gasteiger charge is 2.52. The van der Waals surface area contributed by atoms with Crippen molar-refractivity contribution in [3.63, 3.8) is 0 Å². The van der Waals surface area contributed by atoms with Gasteiger partial charge in [-0.3, -0.25) is 4.79 Å². The van der Waals surface area contributed by atoms with Gasteiger partial charge in [-0.1, -0.05) is 72.8 Å². The van der Waals surface area contributed by atoms with Crippen molar-refractivity contribution in [2.45, 2.75) is 79.3 Å². The van der Waals surface area contributed by atoms with Crippen LogP contribution in [0, 0.1) is 22.2 Å². The van der Waals surface area contributed by atoms with Gasteiger partial charge in [-0.25, -0.2) is 0 Å². The summed E-state index contributed by atoms with van der Waals surface area (Å²) < 4.78 is 5.01. The maximum Gasteiger partial charge on any atom is 0.309 e. The molecule has 1 heterocycles. The fourth-order valence-electron chi connectivity index (χ4n) is 4.94. The number of carbonyl (C=O) groups excluding carboxylic acids is 1. The maximum absolute atomic E-state index is 12.0. The molecule has 120 valence electrons. The molecule has 2 fully saturated rings. The summed E-state index contributed by atoms with van der Waals surface area (Å²) in [4.78, 5) is 12.0. The highest BCUT2D eigenvalue weighted by molar-refractivity contribution is 6.61. The van der Waals surface area contributed by atoms with Crippen molar-refractivity contribution < 1.29 is 9.53 Å². The molecule has 0 radical (unpaired) electrons. The predicted molar refractivity (Wildman–Crippen MR) is 89.8 cm³/mol. The molecule has 21 heavy (non-hydrogen) atoms. The number of esters is 1. The fourth-order valence-corrected chi connectivity index (χ4v) is 4.94. The second kappa shape index (κ2) is 5.31. The van der Waals surface area contributed by atoms with Gasteiger partial charge in [-0.05, 0) is 22.7 Å². The maximum atomic E-state index is 12.0. The minimum atomic E-state index is -0.00877. The molecule has 2 aliphatic rings. The van der Waals surface area contributed by atoms with E-state index in [0.717, 1.165) is 19.0 Å². The minimum absolute atomic E-state index is 0.00877. The quantitative estimate of drug-likeness (QED) is 0.533. The van der Waals surface area contributed by atoms with Gasteiger partial charge >= 0.3 is 5.97 Å². The van der Waals surface area contributed by atoms with Gasteiger partial charge in [-0.15, -0.1) is 0 Å². The molecular weight excluding hydrogens is 259 g/mol. The van der Waals surface area contributed by atoms with E-state index in [9.17, 15) is 4.79 Å².